The second-order valence-electron chi connectivity index (χ2n) is 4.10. The predicted octanol–water partition coefficient (Wildman–Crippen LogP) is 2.33. The molecule has 0 aliphatic carbocycles. The molecule has 0 radical (unpaired) electrons. The third-order valence-corrected chi connectivity index (χ3v) is 2.79. The Morgan fingerprint density at radius 1 is 1.29 bits per heavy atom. The van der Waals surface area contributed by atoms with Crippen LogP contribution < -0.4 is 0 Å². The fraction of sp³-hybridized carbons (Fsp3) is 0.385. The molecule has 2 rings (SSSR count). The number of aliphatic hydroxyl groups excluding tert-OH is 1. The summed E-state index contributed by atoms with van der Waals surface area (Å²) in [5.74, 6) is 1.57. The molecule has 0 amide bonds. The van der Waals surface area contributed by atoms with E-state index in [2.05, 4.69) is 10.1 Å². The third kappa shape index (κ3) is 2.22. The van der Waals surface area contributed by atoms with Crippen molar-refractivity contribution in [2.45, 2.75) is 33.3 Å². The van der Waals surface area contributed by atoms with E-state index in [0.29, 0.717) is 6.42 Å². The highest BCUT2D eigenvalue weighted by Gasteiger charge is 2.14. The lowest BCUT2D eigenvalue weighted by Gasteiger charge is -2.14. The SMILES string of the molecule is CCC(O)c1ccccc1-n1nc(C)nc1C. The average molecular weight is 231 g/mol. The number of aliphatic hydroxyl groups is 1. The molecule has 0 fully saturated rings. The van der Waals surface area contributed by atoms with E-state index < -0.39 is 6.10 Å². The van der Waals surface area contributed by atoms with E-state index >= 15 is 0 Å². The zero-order valence-corrected chi connectivity index (χ0v) is 10.4. The highest BCUT2D eigenvalue weighted by Crippen LogP contribution is 2.24. The maximum Gasteiger partial charge on any atom is 0.148 e. The average Bonchev–Trinajstić information content (AvgIpc) is 2.67. The Bertz CT molecular complexity index is 519. The lowest BCUT2D eigenvalue weighted by molar-refractivity contribution is 0.173. The number of benzene rings is 1. The lowest BCUT2D eigenvalue weighted by atomic mass is 10.1. The first-order chi connectivity index (χ1) is 8.13. The van der Waals surface area contributed by atoms with Gasteiger partial charge >= 0.3 is 0 Å². The predicted molar refractivity (Wildman–Crippen MR) is 66.1 cm³/mol. The van der Waals surface area contributed by atoms with Gasteiger partial charge in [-0.2, -0.15) is 5.10 Å². The molecule has 1 unspecified atom stereocenters. The molecule has 17 heavy (non-hydrogen) atoms. The van der Waals surface area contributed by atoms with Crippen LogP contribution in [0.25, 0.3) is 5.69 Å². The van der Waals surface area contributed by atoms with Gasteiger partial charge in [-0.05, 0) is 26.3 Å². The highest BCUT2D eigenvalue weighted by atomic mass is 16.3. The monoisotopic (exact) mass is 231 g/mol. The van der Waals surface area contributed by atoms with E-state index in [4.69, 9.17) is 0 Å². The zero-order valence-electron chi connectivity index (χ0n) is 10.4. The number of aryl methyl sites for hydroxylation is 2. The van der Waals surface area contributed by atoms with Crippen LogP contribution in [0.1, 0.15) is 36.7 Å². The fourth-order valence-electron chi connectivity index (χ4n) is 1.93. The van der Waals surface area contributed by atoms with E-state index in [9.17, 15) is 5.11 Å². The quantitative estimate of drug-likeness (QED) is 0.882. The Balaban J connectivity index is 2.55. The summed E-state index contributed by atoms with van der Waals surface area (Å²) in [4.78, 5) is 4.28. The van der Waals surface area contributed by atoms with E-state index in [1.807, 2.05) is 45.0 Å². The van der Waals surface area contributed by atoms with Gasteiger partial charge in [0.2, 0.25) is 0 Å². The van der Waals surface area contributed by atoms with E-state index in [-0.39, 0.29) is 0 Å². The van der Waals surface area contributed by atoms with Gasteiger partial charge in [0.15, 0.2) is 0 Å². The molecule has 0 saturated carbocycles. The van der Waals surface area contributed by atoms with Crippen molar-refractivity contribution in [3.05, 3.63) is 41.5 Å². The summed E-state index contributed by atoms with van der Waals surface area (Å²) >= 11 is 0. The zero-order chi connectivity index (χ0) is 12.4. The second-order valence-corrected chi connectivity index (χ2v) is 4.10. The van der Waals surface area contributed by atoms with Gasteiger partial charge in [0.1, 0.15) is 11.6 Å². The van der Waals surface area contributed by atoms with Crippen LogP contribution in [0, 0.1) is 13.8 Å². The van der Waals surface area contributed by atoms with Crippen molar-refractivity contribution < 1.29 is 5.11 Å². The first-order valence-electron chi connectivity index (χ1n) is 5.81. The fourth-order valence-corrected chi connectivity index (χ4v) is 1.93. The van der Waals surface area contributed by atoms with Crippen LogP contribution in [-0.4, -0.2) is 19.9 Å². The first-order valence-corrected chi connectivity index (χ1v) is 5.81. The van der Waals surface area contributed by atoms with E-state index in [0.717, 1.165) is 22.9 Å². The molecule has 1 aromatic heterocycles. The number of nitrogens with zero attached hydrogens (tertiary/aromatic N) is 3. The number of para-hydroxylation sites is 1. The minimum absolute atomic E-state index is 0.463. The van der Waals surface area contributed by atoms with Gasteiger partial charge in [-0.15, -0.1) is 0 Å². The topological polar surface area (TPSA) is 50.9 Å². The van der Waals surface area contributed by atoms with Crippen LogP contribution in [-0.2, 0) is 0 Å². The summed E-state index contributed by atoms with van der Waals surface area (Å²) in [6.45, 7) is 5.73. The molecule has 1 N–H and O–H groups in total. The molecule has 4 heteroatoms. The maximum atomic E-state index is 10.0. The molecule has 0 aliphatic rings. The van der Waals surface area contributed by atoms with Crippen molar-refractivity contribution in [1.82, 2.24) is 14.8 Å². The third-order valence-electron chi connectivity index (χ3n) is 2.79. The van der Waals surface area contributed by atoms with E-state index in [1.165, 1.54) is 0 Å². The summed E-state index contributed by atoms with van der Waals surface area (Å²) in [5.41, 5.74) is 1.79. The number of aromatic nitrogens is 3. The molecule has 2 aromatic rings. The molecule has 0 aliphatic heterocycles. The Kier molecular flexibility index (Phi) is 3.24. The van der Waals surface area contributed by atoms with Crippen LogP contribution in [0.2, 0.25) is 0 Å². The van der Waals surface area contributed by atoms with Gasteiger partial charge in [0.25, 0.3) is 0 Å². The Labute approximate surface area is 101 Å². The molecule has 90 valence electrons. The minimum Gasteiger partial charge on any atom is -0.388 e. The Morgan fingerprint density at radius 3 is 2.59 bits per heavy atom. The maximum absolute atomic E-state index is 10.0. The summed E-state index contributed by atoms with van der Waals surface area (Å²) in [6.07, 6.45) is 0.221. The Hall–Kier alpha value is -1.68. The van der Waals surface area contributed by atoms with Gasteiger partial charge in [-0.25, -0.2) is 9.67 Å². The van der Waals surface area contributed by atoms with Gasteiger partial charge in [0.05, 0.1) is 11.8 Å². The molecule has 4 nitrogen and oxygen atoms in total. The summed E-state index contributed by atoms with van der Waals surface area (Å²) < 4.78 is 1.78. The normalized spacial score (nSPS) is 12.7. The van der Waals surface area contributed by atoms with Gasteiger partial charge < -0.3 is 5.11 Å². The standard InChI is InChI=1S/C13H17N3O/c1-4-13(17)11-7-5-6-8-12(11)16-10(3)14-9(2)15-16/h5-8,13,17H,4H2,1-3H3. The van der Waals surface area contributed by atoms with Crippen molar-refractivity contribution in [1.29, 1.82) is 0 Å². The van der Waals surface area contributed by atoms with E-state index in [1.54, 1.807) is 4.68 Å². The van der Waals surface area contributed by atoms with Crippen molar-refractivity contribution in [3.63, 3.8) is 0 Å². The van der Waals surface area contributed by atoms with Crippen molar-refractivity contribution >= 4 is 0 Å². The number of rotatable bonds is 3. The molecule has 1 atom stereocenters. The number of hydrogen-bond donors (Lipinski definition) is 1. The molecule has 0 bridgehead atoms. The Morgan fingerprint density at radius 2 is 2.00 bits per heavy atom. The smallest absolute Gasteiger partial charge is 0.148 e. The molecule has 1 heterocycles. The van der Waals surface area contributed by atoms with Crippen LogP contribution in [0.15, 0.2) is 24.3 Å². The molecule has 1 aromatic carbocycles. The van der Waals surface area contributed by atoms with Crippen LogP contribution in [0.4, 0.5) is 0 Å². The van der Waals surface area contributed by atoms with Crippen LogP contribution >= 0.6 is 0 Å². The summed E-state index contributed by atoms with van der Waals surface area (Å²) in [5, 5.41) is 14.4. The van der Waals surface area contributed by atoms with Gasteiger partial charge in [-0.3, -0.25) is 0 Å². The molecular weight excluding hydrogens is 214 g/mol. The second kappa shape index (κ2) is 4.67. The van der Waals surface area contributed by atoms with Crippen LogP contribution in [0.3, 0.4) is 0 Å². The molecular formula is C13H17N3O. The highest BCUT2D eigenvalue weighted by molar-refractivity contribution is 5.42. The first kappa shape index (κ1) is 11.8. The van der Waals surface area contributed by atoms with Gasteiger partial charge in [0, 0.05) is 5.56 Å². The molecule has 0 saturated heterocycles. The van der Waals surface area contributed by atoms with Crippen molar-refractivity contribution in [2.24, 2.45) is 0 Å². The van der Waals surface area contributed by atoms with Crippen molar-refractivity contribution in [3.8, 4) is 5.69 Å². The summed E-state index contributed by atoms with van der Waals surface area (Å²) in [6, 6.07) is 7.75. The molecule has 0 spiro atoms. The minimum atomic E-state index is -0.463. The lowest BCUT2D eigenvalue weighted by Crippen LogP contribution is -2.06. The largest absolute Gasteiger partial charge is 0.388 e. The van der Waals surface area contributed by atoms with Gasteiger partial charge in [-0.1, -0.05) is 25.1 Å². The van der Waals surface area contributed by atoms with Crippen molar-refractivity contribution in [2.75, 3.05) is 0 Å². The van der Waals surface area contributed by atoms with Crippen LogP contribution in [0.5, 0.6) is 0 Å². The summed E-state index contributed by atoms with van der Waals surface area (Å²) in [7, 11) is 0. The number of hydrogen-bond acceptors (Lipinski definition) is 3.